The number of phosphoric acid groups is 3. The third-order valence-electron chi connectivity index (χ3n) is 0.410. The van der Waals surface area contributed by atoms with Crippen LogP contribution in [0.15, 0.2) is 0 Å². The smallest absolute Gasteiger partial charge is 0.789 e. The van der Waals surface area contributed by atoms with E-state index >= 15 is 0 Å². The van der Waals surface area contributed by atoms with Crippen molar-refractivity contribution in [1.29, 1.82) is 0 Å². The molecular formula is H2Na3O10P3. The second kappa shape index (κ2) is 10.2. The topological polar surface area (TPSA) is 179 Å². The van der Waals surface area contributed by atoms with Gasteiger partial charge in [-0.15, -0.1) is 0 Å². The standard InChI is InChI=1S/3Na.H5O10P3/c;;;1-11(2,3)9-13(7,8)10-12(4,5)6/h;;;(H,7,8)(H2,1,2,3)(H2,4,5,6)/q3*+1;/p-3. The van der Waals surface area contributed by atoms with Gasteiger partial charge in [0.1, 0.15) is 0 Å². The van der Waals surface area contributed by atoms with Crippen molar-refractivity contribution in [2.75, 3.05) is 0 Å². The van der Waals surface area contributed by atoms with Crippen molar-refractivity contribution in [3.8, 4) is 0 Å². The molecule has 80 valence electrons. The van der Waals surface area contributed by atoms with Crippen LogP contribution in [-0.4, -0.2) is 9.79 Å². The van der Waals surface area contributed by atoms with Crippen LogP contribution in [0.3, 0.4) is 0 Å². The summed E-state index contributed by atoms with van der Waals surface area (Å²) >= 11 is 0. The zero-order valence-electron chi connectivity index (χ0n) is 8.50. The molecule has 0 radical (unpaired) electrons. The molecule has 0 bridgehead atoms. The fourth-order valence-electron chi connectivity index (χ4n) is 0.272. The zero-order chi connectivity index (χ0) is 10.9. The minimum atomic E-state index is -5.88. The van der Waals surface area contributed by atoms with Crippen LogP contribution in [0.4, 0.5) is 0 Å². The predicted molar refractivity (Wildman–Crippen MR) is 29.4 cm³/mol. The van der Waals surface area contributed by atoms with Gasteiger partial charge in [0.25, 0.3) is 7.82 Å². The van der Waals surface area contributed by atoms with Crippen molar-refractivity contribution in [3.05, 3.63) is 0 Å². The van der Waals surface area contributed by atoms with Crippen molar-refractivity contribution >= 4 is 23.5 Å². The van der Waals surface area contributed by atoms with Gasteiger partial charge in [-0.3, -0.25) is 8.88 Å². The summed E-state index contributed by atoms with van der Waals surface area (Å²) in [6.45, 7) is 0. The molecule has 16 heteroatoms. The van der Waals surface area contributed by atoms with E-state index in [1.165, 1.54) is 0 Å². The van der Waals surface area contributed by atoms with Crippen molar-refractivity contribution < 1.29 is 135 Å². The Labute approximate surface area is 156 Å². The summed E-state index contributed by atoms with van der Waals surface area (Å²) < 4.78 is 35.4. The molecule has 0 aliphatic heterocycles. The van der Waals surface area contributed by atoms with Crippen LogP contribution in [0.5, 0.6) is 0 Å². The van der Waals surface area contributed by atoms with Crippen LogP contribution >= 0.6 is 23.5 Å². The molecule has 0 aromatic rings. The minimum absolute atomic E-state index is 0. The Kier molecular flexibility index (Phi) is 17.6. The Morgan fingerprint density at radius 2 is 1.12 bits per heavy atom. The van der Waals surface area contributed by atoms with Crippen LogP contribution in [0.2, 0.25) is 0 Å². The van der Waals surface area contributed by atoms with E-state index in [9.17, 15) is 28.4 Å². The molecule has 0 spiro atoms. The van der Waals surface area contributed by atoms with Gasteiger partial charge >= 0.3 is 96.5 Å². The van der Waals surface area contributed by atoms with Gasteiger partial charge in [0.05, 0.1) is 7.82 Å². The van der Waals surface area contributed by atoms with E-state index < -0.39 is 23.5 Å². The molecule has 0 amide bonds. The maximum Gasteiger partial charge on any atom is 1.00 e. The van der Waals surface area contributed by atoms with Gasteiger partial charge in [-0.05, 0) is 0 Å². The molecular weight excluding hydrogens is 322 g/mol. The molecule has 0 aliphatic carbocycles. The quantitative estimate of drug-likeness (QED) is 0.372. The monoisotopic (exact) mass is 324 g/mol. The third-order valence-corrected chi connectivity index (χ3v) is 3.69. The first kappa shape index (κ1) is 27.7. The van der Waals surface area contributed by atoms with Crippen molar-refractivity contribution in [1.82, 2.24) is 0 Å². The van der Waals surface area contributed by atoms with E-state index in [0.717, 1.165) is 0 Å². The van der Waals surface area contributed by atoms with Crippen LogP contribution in [0, 0.1) is 0 Å². The Balaban J connectivity index is -0.000000240. The summed E-state index contributed by atoms with van der Waals surface area (Å²) in [4.78, 5) is 45.2. The van der Waals surface area contributed by atoms with Gasteiger partial charge < -0.3 is 29.0 Å². The van der Waals surface area contributed by atoms with E-state index in [-0.39, 0.29) is 88.7 Å². The van der Waals surface area contributed by atoms with Crippen molar-refractivity contribution in [3.63, 3.8) is 0 Å². The SMILES string of the molecule is O=P([O-])([O-])OP(=O)(O)OP(=O)([O-])O.[Na+].[Na+].[Na+]. The van der Waals surface area contributed by atoms with E-state index in [0.29, 0.717) is 0 Å². The van der Waals surface area contributed by atoms with E-state index in [1.807, 2.05) is 0 Å². The number of hydrogen-bond acceptors (Lipinski definition) is 8. The number of hydrogen-bond donors (Lipinski definition) is 2. The molecule has 2 atom stereocenters. The third kappa shape index (κ3) is 19.7. The second-order valence-electron chi connectivity index (χ2n) is 1.55. The first-order chi connectivity index (χ1) is 5.41. The van der Waals surface area contributed by atoms with Gasteiger partial charge in [-0.25, -0.2) is 8.88 Å². The maximum absolute atomic E-state index is 10.3. The molecule has 0 aromatic heterocycles. The molecule has 2 unspecified atom stereocenters. The first-order valence-corrected chi connectivity index (χ1v) is 6.68. The van der Waals surface area contributed by atoms with Crippen LogP contribution < -0.4 is 103 Å². The van der Waals surface area contributed by atoms with Crippen LogP contribution in [0.1, 0.15) is 0 Å². The summed E-state index contributed by atoms with van der Waals surface area (Å²) in [6.07, 6.45) is 0. The second-order valence-corrected chi connectivity index (χ2v) is 5.62. The maximum atomic E-state index is 10.3. The van der Waals surface area contributed by atoms with E-state index in [2.05, 4.69) is 8.62 Å². The molecule has 0 saturated carbocycles. The Hall–Kier alpha value is 3.41. The summed E-state index contributed by atoms with van der Waals surface area (Å²) in [5.41, 5.74) is 0. The number of rotatable bonds is 4. The molecule has 0 aromatic carbocycles. The fourth-order valence-corrected chi connectivity index (χ4v) is 2.71. The van der Waals surface area contributed by atoms with Gasteiger partial charge in [0, 0.05) is 0 Å². The van der Waals surface area contributed by atoms with Crippen molar-refractivity contribution in [2.45, 2.75) is 0 Å². The molecule has 16 heavy (non-hydrogen) atoms. The van der Waals surface area contributed by atoms with Crippen LogP contribution in [0.25, 0.3) is 0 Å². The average Bonchev–Trinajstić information content (AvgIpc) is 1.43. The zero-order valence-corrected chi connectivity index (χ0v) is 17.2. The largest absolute Gasteiger partial charge is 1.00 e. The summed E-state index contributed by atoms with van der Waals surface area (Å²) in [6, 6.07) is 0. The molecule has 0 aliphatic rings. The van der Waals surface area contributed by atoms with Crippen LogP contribution in [-0.2, 0) is 22.3 Å². The summed E-state index contributed by atoms with van der Waals surface area (Å²) in [5, 5.41) is 0. The van der Waals surface area contributed by atoms with Gasteiger partial charge in [-0.1, -0.05) is 0 Å². The van der Waals surface area contributed by atoms with Gasteiger partial charge in [0.2, 0.25) is 0 Å². The summed E-state index contributed by atoms with van der Waals surface area (Å²) in [7, 11) is -17.2. The molecule has 10 nitrogen and oxygen atoms in total. The van der Waals surface area contributed by atoms with Crippen molar-refractivity contribution in [2.24, 2.45) is 0 Å². The molecule has 0 fully saturated rings. The Morgan fingerprint density at radius 1 is 0.812 bits per heavy atom. The normalized spacial score (nSPS) is 17.8. The average molecular weight is 324 g/mol. The fraction of sp³-hybridized carbons (Fsp3) is 0. The Morgan fingerprint density at radius 3 is 1.31 bits per heavy atom. The minimum Gasteiger partial charge on any atom is -0.789 e. The molecule has 0 saturated heterocycles. The predicted octanol–water partition coefficient (Wildman–Crippen LogP) is -11.6. The van der Waals surface area contributed by atoms with Gasteiger partial charge in [0.15, 0.2) is 0 Å². The first-order valence-electron chi connectivity index (χ1n) is 2.23. The molecule has 2 N–H and O–H groups in total. The molecule has 0 rings (SSSR count). The Bertz CT molecular complexity index is 283. The summed E-state index contributed by atoms with van der Waals surface area (Å²) in [5.74, 6) is 0. The van der Waals surface area contributed by atoms with E-state index in [1.54, 1.807) is 0 Å². The molecule has 0 heterocycles. The van der Waals surface area contributed by atoms with Gasteiger partial charge in [-0.2, -0.15) is 0 Å². The van der Waals surface area contributed by atoms with E-state index in [4.69, 9.17) is 9.79 Å².